The molecule has 4 heteroatoms. The molecule has 1 aromatic carbocycles. The monoisotopic (exact) mass is 317 g/mol. The maximum atomic E-state index is 12.6. The van der Waals surface area contributed by atoms with Crippen molar-refractivity contribution in [1.82, 2.24) is 10.2 Å². The summed E-state index contributed by atoms with van der Waals surface area (Å²) in [5, 5.41) is 6.79. The van der Waals surface area contributed by atoms with Crippen LogP contribution in [-0.4, -0.2) is 48.9 Å². The van der Waals surface area contributed by atoms with Gasteiger partial charge in [-0.05, 0) is 76.6 Å². The molecule has 0 aliphatic carbocycles. The molecule has 0 aromatic heterocycles. The predicted molar refractivity (Wildman–Crippen MR) is 97.4 cm³/mol. The van der Waals surface area contributed by atoms with Gasteiger partial charge in [0, 0.05) is 17.3 Å². The van der Waals surface area contributed by atoms with Gasteiger partial charge in [-0.3, -0.25) is 4.79 Å². The predicted octanol–water partition coefficient (Wildman–Crippen LogP) is 2.94. The number of rotatable bonds is 9. The van der Waals surface area contributed by atoms with E-state index in [2.05, 4.69) is 42.4 Å². The van der Waals surface area contributed by atoms with Crippen molar-refractivity contribution in [1.29, 1.82) is 0 Å². The lowest BCUT2D eigenvalue weighted by Crippen LogP contribution is -2.36. The van der Waals surface area contributed by atoms with Crippen molar-refractivity contribution in [3.8, 4) is 0 Å². The second-order valence-corrected chi connectivity index (χ2v) is 6.54. The van der Waals surface area contributed by atoms with Gasteiger partial charge >= 0.3 is 0 Å². The van der Waals surface area contributed by atoms with Gasteiger partial charge in [0.15, 0.2) is 5.78 Å². The van der Waals surface area contributed by atoms with Gasteiger partial charge < -0.3 is 15.5 Å². The number of hydrogen-bond donors (Lipinski definition) is 2. The van der Waals surface area contributed by atoms with Crippen molar-refractivity contribution in [3.63, 3.8) is 0 Å². The van der Waals surface area contributed by atoms with Crippen LogP contribution in [-0.2, 0) is 6.42 Å². The van der Waals surface area contributed by atoms with Crippen molar-refractivity contribution in [2.24, 2.45) is 0 Å². The Kier molecular flexibility index (Phi) is 6.60. The van der Waals surface area contributed by atoms with Crippen molar-refractivity contribution in [3.05, 3.63) is 29.3 Å². The number of nitrogens with one attached hydrogen (secondary N) is 2. The SMILES string of the molecule is CCN(CC)CCCNC(C)C(=O)c1ccc2c(c1)CC(C)N2. The largest absolute Gasteiger partial charge is 0.382 e. The highest BCUT2D eigenvalue weighted by molar-refractivity contribution is 6.00. The third-order valence-corrected chi connectivity index (χ3v) is 4.71. The molecule has 0 saturated heterocycles. The quantitative estimate of drug-likeness (QED) is 0.543. The topological polar surface area (TPSA) is 44.4 Å². The maximum Gasteiger partial charge on any atom is 0.179 e. The van der Waals surface area contributed by atoms with Crippen LogP contribution in [0, 0.1) is 0 Å². The van der Waals surface area contributed by atoms with Crippen molar-refractivity contribution in [2.75, 3.05) is 31.5 Å². The average Bonchev–Trinajstić information content (AvgIpc) is 2.93. The van der Waals surface area contributed by atoms with Crippen molar-refractivity contribution >= 4 is 11.5 Å². The number of benzene rings is 1. The zero-order chi connectivity index (χ0) is 16.8. The van der Waals surface area contributed by atoms with E-state index in [9.17, 15) is 4.79 Å². The number of ketones is 1. The molecule has 0 saturated carbocycles. The zero-order valence-electron chi connectivity index (χ0n) is 15.0. The van der Waals surface area contributed by atoms with Crippen LogP contribution >= 0.6 is 0 Å². The van der Waals surface area contributed by atoms with Crippen LogP contribution in [0.5, 0.6) is 0 Å². The summed E-state index contributed by atoms with van der Waals surface area (Å²) in [6.07, 6.45) is 2.08. The number of anilines is 1. The summed E-state index contributed by atoms with van der Waals surface area (Å²) < 4.78 is 0. The van der Waals surface area contributed by atoms with Crippen LogP contribution in [0.1, 0.15) is 50.0 Å². The lowest BCUT2D eigenvalue weighted by Gasteiger charge is -2.19. The molecule has 4 nitrogen and oxygen atoms in total. The van der Waals surface area contributed by atoms with E-state index in [1.807, 2.05) is 19.1 Å². The van der Waals surface area contributed by atoms with Gasteiger partial charge in [-0.2, -0.15) is 0 Å². The minimum absolute atomic E-state index is 0.128. The molecular weight excluding hydrogens is 286 g/mol. The molecule has 1 aliphatic heterocycles. The summed E-state index contributed by atoms with van der Waals surface area (Å²) in [6, 6.07) is 6.38. The molecular formula is C19H31N3O. The van der Waals surface area contributed by atoms with Crippen LogP contribution in [0.3, 0.4) is 0 Å². The summed E-state index contributed by atoms with van der Waals surface area (Å²) in [4.78, 5) is 15.0. The number of fused-ring (bicyclic) bond motifs is 1. The van der Waals surface area contributed by atoms with Crippen LogP contribution in [0.25, 0.3) is 0 Å². The number of carbonyl (C=O) groups is 1. The van der Waals surface area contributed by atoms with Crippen LogP contribution in [0.15, 0.2) is 18.2 Å². The third-order valence-electron chi connectivity index (χ3n) is 4.71. The molecule has 1 aliphatic rings. The maximum absolute atomic E-state index is 12.6. The number of Topliss-reactive ketones (excluding diaryl/α,β-unsaturated/α-hetero) is 1. The Hall–Kier alpha value is -1.39. The van der Waals surface area contributed by atoms with Crippen molar-refractivity contribution < 1.29 is 4.79 Å². The first-order chi connectivity index (χ1) is 11.0. The Labute approximate surface area is 140 Å². The second kappa shape index (κ2) is 8.46. The fraction of sp³-hybridized carbons (Fsp3) is 0.632. The molecule has 0 fully saturated rings. The Bertz CT molecular complexity index is 525. The van der Waals surface area contributed by atoms with Gasteiger partial charge in [0.25, 0.3) is 0 Å². The van der Waals surface area contributed by atoms with Gasteiger partial charge in [-0.1, -0.05) is 13.8 Å². The number of carbonyl (C=O) groups excluding carboxylic acids is 1. The Balaban J connectivity index is 1.82. The lowest BCUT2D eigenvalue weighted by atomic mass is 10.0. The van der Waals surface area contributed by atoms with E-state index < -0.39 is 0 Å². The number of hydrogen-bond acceptors (Lipinski definition) is 4. The average molecular weight is 317 g/mol. The molecule has 1 heterocycles. The lowest BCUT2D eigenvalue weighted by molar-refractivity contribution is 0.0950. The third kappa shape index (κ3) is 4.79. The summed E-state index contributed by atoms with van der Waals surface area (Å²) in [6.45, 7) is 12.7. The normalized spacial score (nSPS) is 17.9. The first-order valence-electron chi connectivity index (χ1n) is 8.94. The Morgan fingerprint density at radius 3 is 2.83 bits per heavy atom. The standard InChI is InChI=1S/C19H31N3O/c1-5-22(6-2)11-7-10-20-15(4)19(23)16-8-9-18-17(13-16)12-14(3)21-18/h8-9,13-15,20-21H,5-7,10-12H2,1-4H3. The van der Waals surface area contributed by atoms with E-state index in [0.717, 1.165) is 44.6 Å². The van der Waals surface area contributed by atoms with Gasteiger partial charge in [0.05, 0.1) is 6.04 Å². The van der Waals surface area contributed by atoms with Crippen LogP contribution < -0.4 is 10.6 Å². The molecule has 0 spiro atoms. The van der Waals surface area contributed by atoms with E-state index in [-0.39, 0.29) is 11.8 Å². The Morgan fingerprint density at radius 2 is 2.13 bits per heavy atom. The highest BCUT2D eigenvalue weighted by atomic mass is 16.1. The summed E-state index contributed by atoms with van der Waals surface area (Å²) in [5.74, 6) is 0.190. The molecule has 0 radical (unpaired) electrons. The van der Waals surface area contributed by atoms with E-state index in [4.69, 9.17) is 0 Å². The molecule has 0 bridgehead atoms. The molecule has 2 rings (SSSR count). The molecule has 0 amide bonds. The van der Waals surface area contributed by atoms with Gasteiger partial charge in [0.2, 0.25) is 0 Å². The molecule has 128 valence electrons. The van der Waals surface area contributed by atoms with Gasteiger partial charge in [-0.15, -0.1) is 0 Å². The second-order valence-electron chi connectivity index (χ2n) is 6.54. The van der Waals surface area contributed by atoms with Crippen molar-refractivity contribution in [2.45, 2.75) is 52.6 Å². The summed E-state index contributed by atoms with van der Waals surface area (Å²) >= 11 is 0. The highest BCUT2D eigenvalue weighted by Crippen LogP contribution is 2.26. The van der Waals surface area contributed by atoms with E-state index in [1.165, 1.54) is 11.3 Å². The molecule has 2 unspecified atom stereocenters. The minimum Gasteiger partial charge on any atom is -0.382 e. The molecule has 23 heavy (non-hydrogen) atoms. The first kappa shape index (κ1) is 18.0. The van der Waals surface area contributed by atoms with Crippen LogP contribution in [0.2, 0.25) is 0 Å². The molecule has 1 aromatic rings. The van der Waals surface area contributed by atoms with Crippen LogP contribution in [0.4, 0.5) is 5.69 Å². The van der Waals surface area contributed by atoms with E-state index in [0.29, 0.717) is 6.04 Å². The minimum atomic E-state index is -0.128. The molecule has 2 atom stereocenters. The van der Waals surface area contributed by atoms with Gasteiger partial charge in [0.1, 0.15) is 0 Å². The highest BCUT2D eigenvalue weighted by Gasteiger charge is 2.20. The molecule has 2 N–H and O–H groups in total. The first-order valence-corrected chi connectivity index (χ1v) is 8.94. The smallest absolute Gasteiger partial charge is 0.179 e. The number of nitrogens with zero attached hydrogens (tertiary/aromatic N) is 1. The zero-order valence-corrected chi connectivity index (χ0v) is 15.0. The van der Waals surface area contributed by atoms with E-state index >= 15 is 0 Å². The summed E-state index contributed by atoms with van der Waals surface area (Å²) in [7, 11) is 0. The van der Waals surface area contributed by atoms with Gasteiger partial charge in [-0.25, -0.2) is 0 Å². The summed E-state index contributed by atoms with van der Waals surface area (Å²) in [5.41, 5.74) is 3.26. The Morgan fingerprint density at radius 1 is 1.39 bits per heavy atom. The fourth-order valence-electron chi connectivity index (χ4n) is 3.21. The fourth-order valence-corrected chi connectivity index (χ4v) is 3.21. The van der Waals surface area contributed by atoms with E-state index in [1.54, 1.807) is 0 Å².